The number of sulfonamides is 1. The van der Waals surface area contributed by atoms with E-state index < -0.39 is 10.0 Å². The zero-order valence-electron chi connectivity index (χ0n) is 10.6. The molecule has 4 nitrogen and oxygen atoms in total. The van der Waals surface area contributed by atoms with E-state index in [1.54, 1.807) is 6.07 Å². The van der Waals surface area contributed by atoms with Crippen molar-refractivity contribution in [2.24, 2.45) is 11.7 Å². The first-order valence-electron chi connectivity index (χ1n) is 6.32. The number of nitrogens with two attached hydrogens (primary N) is 1. The normalized spacial score (nSPS) is 16.1. The highest BCUT2D eigenvalue weighted by molar-refractivity contribution is 7.89. The van der Waals surface area contributed by atoms with Crippen LogP contribution in [0.4, 0.5) is 0 Å². The molecule has 0 aliphatic heterocycles. The average Bonchev–Trinajstić information content (AvgIpc) is 3.06. The van der Waals surface area contributed by atoms with Crippen molar-refractivity contribution in [3.05, 3.63) is 15.8 Å². The van der Waals surface area contributed by atoms with Crippen molar-refractivity contribution in [2.75, 3.05) is 6.54 Å². The quantitative estimate of drug-likeness (QED) is 0.754. The summed E-state index contributed by atoms with van der Waals surface area (Å²) in [5.41, 5.74) is 5.53. The minimum absolute atomic E-state index is 0.388. The lowest BCUT2D eigenvalue weighted by Gasteiger charge is -2.05. The van der Waals surface area contributed by atoms with Crippen molar-refractivity contribution in [1.82, 2.24) is 4.72 Å². The Morgan fingerprint density at radius 1 is 1.50 bits per heavy atom. The van der Waals surface area contributed by atoms with E-state index >= 15 is 0 Å². The van der Waals surface area contributed by atoms with E-state index in [0.717, 1.165) is 28.5 Å². The van der Waals surface area contributed by atoms with Gasteiger partial charge in [-0.2, -0.15) is 0 Å². The maximum Gasteiger partial charge on any atom is 0.241 e. The van der Waals surface area contributed by atoms with Gasteiger partial charge in [0.25, 0.3) is 0 Å². The molecule has 1 heterocycles. The summed E-state index contributed by atoms with van der Waals surface area (Å²) in [5.74, 6) is 0.848. The molecule has 102 valence electrons. The fourth-order valence-electron chi connectivity index (χ4n) is 1.97. The van der Waals surface area contributed by atoms with Crippen LogP contribution in [0, 0.1) is 12.8 Å². The summed E-state index contributed by atoms with van der Waals surface area (Å²) in [7, 11) is -3.35. The minimum atomic E-state index is -3.35. The number of hydrogen-bond donors (Lipinski definition) is 2. The largest absolute Gasteiger partial charge is 0.326 e. The molecule has 0 radical (unpaired) electrons. The highest BCUT2D eigenvalue weighted by Gasteiger charge is 2.22. The monoisotopic (exact) mass is 288 g/mol. The van der Waals surface area contributed by atoms with Gasteiger partial charge >= 0.3 is 0 Å². The second-order valence-corrected chi connectivity index (χ2v) is 7.90. The Morgan fingerprint density at radius 3 is 2.78 bits per heavy atom. The lowest BCUT2D eigenvalue weighted by atomic mass is 10.2. The van der Waals surface area contributed by atoms with Crippen LogP contribution < -0.4 is 10.5 Å². The highest BCUT2D eigenvalue weighted by Crippen LogP contribution is 2.33. The van der Waals surface area contributed by atoms with E-state index in [9.17, 15) is 8.42 Å². The predicted octanol–water partition coefficient (Wildman–Crippen LogP) is 1.98. The lowest BCUT2D eigenvalue weighted by Crippen LogP contribution is -2.25. The van der Waals surface area contributed by atoms with Crippen LogP contribution in [-0.2, 0) is 16.6 Å². The van der Waals surface area contributed by atoms with Crippen LogP contribution in [-0.4, -0.2) is 15.0 Å². The van der Waals surface area contributed by atoms with Gasteiger partial charge in [0.15, 0.2) is 0 Å². The van der Waals surface area contributed by atoms with Crippen molar-refractivity contribution in [2.45, 2.75) is 44.0 Å². The molecule has 3 N–H and O–H groups in total. The topological polar surface area (TPSA) is 72.2 Å². The van der Waals surface area contributed by atoms with Crippen LogP contribution >= 0.6 is 11.3 Å². The van der Waals surface area contributed by atoms with Crippen LogP contribution in [0.15, 0.2) is 11.0 Å². The Morgan fingerprint density at radius 2 is 2.22 bits per heavy atom. The van der Waals surface area contributed by atoms with Gasteiger partial charge in [0, 0.05) is 22.8 Å². The van der Waals surface area contributed by atoms with E-state index in [1.165, 1.54) is 24.2 Å². The van der Waals surface area contributed by atoms with Crippen LogP contribution in [0.25, 0.3) is 0 Å². The van der Waals surface area contributed by atoms with Crippen molar-refractivity contribution in [1.29, 1.82) is 0 Å². The summed E-state index contributed by atoms with van der Waals surface area (Å²) in [6, 6.07) is 1.68. The molecule has 0 spiro atoms. The summed E-state index contributed by atoms with van der Waals surface area (Å²) in [4.78, 5) is 2.11. The Hall–Kier alpha value is -0.430. The third-order valence-electron chi connectivity index (χ3n) is 3.19. The predicted molar refractivity (Wildman–Crippen MR) is 74.1 cm³/mol. The molecule has 0 saturated heterocycles. The second kappa shape index (κ2) is 5.69. The molecule has 1 fully saturated rings. The second-order valence-electron chi connectivity index (χ2n) is 4.82. The van der Waals surface area contributed by atoms with Gasteiger partial charge in [0.05, 0.1) is 4.90 Å². The molecule has 0 atom stereocenters. The summed E-state index contributed by atoms with van der Waals surface area (Å²) in [5, 5.41) is 0. The summed E-state index contributed by atoms with van der Waals surface area (Å²) < 4.78 is 26.9. The highest BCUT2D eigenvalue weighted by atomic mass is 32.2. The van der Waals surface area contributed by atoms with Crippen molar-refractivity contribution >= 4 is 21.4 Å². The molecular weight excluding hydrogens is 268 g/mol. The molecular formula is C12H20N2O2S2. The fraction of sp³-hybridized carbons (Fsp3) is 0.667. The molecule has 0 amide bonds. The smallest absolute Gasteiger partial charge is 0.241 e. The number of nitrogens with one attached hydrogen (secondary N) is 1. The van der Waals surface area contributed by atoms with E-state index in [2.05, 4.69) is 4.72 Å². The number of hydrogen-bond acceptors (Lipinski definition) is 4. The first-order valence-corrected chi connectivity index (χ1v) is 8.62. The maximum atomic E-state index is 12.1. The van der Waals surface area contributed by atoms with Gasteiger partial charge in [-0.3, -0.25) is 0 Å². The molecule has 0 aromatic carbocycles. The maximum absolute atomic E-state index is 12.1. The molecule has 1 saturated carbocycles. The zero-order chi connectivity index (χ0) is 13.2. The number of thiophene rings is 1. The first-order chi connectivity index (χ1) is 8.53. The molecule has 1 aromatic heterocycles. The van der Waals surface area contributed by atoms with Crippen molar-refractivity contribution in [3.63, 3.8) is 0 Å². The van der Waals surface area contributed by atoms with Gasteiger partial charge in [-0.05, 0) is 31.7 Å². The third kappa shape index (κ3) is 3.54. The van der Waals surface area contributed by atoms with Gasteiger partial charge in [-0.25, -0.2) is 13.1 Å². The number of aryl methyl sites for hydroxylation is 1. The van der Waals surface area contributed by atoms with Gasteiger partial charge in [0.1, 0.15) is 0 Å². The van der Waals surface area contributed by atoms with Gasteiger partial charge in [0.2, 0.25) is 10.0 Å². The Kier molecular flexibility index (Phi) is 4.42. The third-order valence-corrected chi connectivity index (χ3v) is 5.98. The Labute approximate surface area is 113 Å². The van der Waals surface area contributed by atoms with E-state index in [4.69, 9.17) is 5.73 Å². The Bertz CT molecular complexity index is 504. The van der Waals surface area contributed by atoms with Crippen LogP contribution in [0.3, 0.4) is 0 Å². The van der Waals surface area contributed by atoms with Gasteiger partial charge < -0.3 is 5.73 Å². The molecule has 1 aliphatic rings. The van der Waals surface area contributed by atoms with E-state index in [0.29, 0.717) is 18.0 Å². The molecule has 6 heteroatoms. The van der Waals surface area contributed by atoms with Crippen LogP contribution in [0.5, 0.6) is 0 Å². The summed E-state index contributed by atoms with van der Waals surface area (Å²) in [6.07, 6.45) is 4.70. The molecule has 1 aliphatic carbocycles. The molecule has 2 rings (SSSR count). The fourth-order valence-corrected chi connectivity index (χ4v) is 4.56. The summed E-state index contributed by atoms with van der Waals surface area (Å²) in [6.45, 7) is 2.75. The molecule has 18 heavy (non-hydrogen) atoms. The standard InChI is InChI=1S/C12H20N2O2S2/c1-9-12(7-11(8-13)17-9)18(15,16)14-6-2-3-10-4-5-10/h7,10,14H,2-6,8,13H2,1H3. The Balaban J connectivity index is 1.93. The average molecular weight is 288 g/mol. The van der Waals surface area contributed by atoms with E-state index in [-0.39, 0.29) is 0 Å². The SMILES string of the molecule is Cc1sc(CN)cc1S(=O)(=O)NCCCC1CC1. The zero-order valence-corrected chi connectivity index (χ0v) is 12.2. The first kappa shape index (κ1) is 14.0. The van der Waals surface area contributed by atoms with E-state index in [1.807, 2.05) is 6.92 Å². The van der Waals surface area contributed by atoms with Gasteiger partial charge in [-0.1, -0.05) is 12.8 Å². The van der Waals surface area contributed by atoms with Crippen molar-refractivity contribution in [3.8, 4) is 0 Å². The van der Waals surface area contributed by atoms with Crippen molar-refractivity contribution < 1.29 is 8.42 Å². The number of rotatable bonds is 7. The van der Waals surface area contributed by atoms with Gasteiger partial charge in [-0.15, -0.1) is 11.3 Å². The van der Waals surface area contributed by atoms with Crippen LogP contribution in [0.2, 0.25) is 0 Å². The molecule has 0 unspecified atom stereocenters. The van der Waals surface area contributed by atoms with Crippen LogP contribution in [0.1, 0.15) is 35.4 Å². The molecule has 0 bridgehead atoms. The minimum Gasteiger partial charge on any atom is -0.326 e. The summed E-state index contributed by atoms with van der Waals surface area (Å²) >= 11 is 1.45. The molecule has 1 aromatic rings. The lowest BCUT2D eigenvalue weighted by molar-refractivity contribution is 0.572.